The lowest BCUT2D eigenvalue weighted by molar-refractivity contribution is 0.0702. The average Bonchev–Trinajstić information content (AvgIpc) is 2.82. The largest absolute Gasteiger partial charge is 0.292 e. The van der Waals surface area contributed by atoms with Crippen molar-refractivity contribution >= 4 is 5.78 Å². The SMILES string of the molecule is Cc1cccc(C(=O)C(C)(C)N2CCCC2)c1. The maximum Gasteiger partial charge on any atom is 0.182 e. The first-order valence-electron chi connectivity index (χ1n) is 6.38. The highest BCUT2D eigenvalue weighted by Gasteiger charge is 2.36. The molecule has 1 heterocycles. The smallest absolute Gasteiger partial charge is 0.182 e. The van der Waals surface area contributed by atoms with E-state index in [1.165, 1.54) is 12.8 Å². The number of carbonyl (C=O) groups excluding carboxylic acids is 1. The van der Waals surface area contributed by atoms with Crippen molar-refractivity contribution in [3.63, 3.8) is 0 Å². The fraction of sp³-hybridized carbons (Fsp3) is 0.533. The highest BCUT2D eigenvalue weighted by atomic mass is 16.1. The molecule has 1 fully saturated rings. The molecule has 2 nitrogen and oxygen atoms in total. The van der Waals surface area contributed by atoms with Crippen LogP contribution in [0.3, 0.4) is 0 Å². The second-order valence-electron chi connectivity index (χ2n) is 5.45. The molecule has 0 unspecified atom stereocenters. The highest BCUT2D eigenvalue weighted by Crippen LogP contribution is 2.25. The van der Waals surface area contributed by atoms with E-state index >= 15 is 0 Å². The molecule has 0 spiro atoms. The van der Waals surface area contributed by atoms with Crippen LogP contribution in [0.2, 0.25) is 0 Å². The fourth-order valence-corrected chi connectivity index (χ4v) is 2.56. The van der Waals surface area contributed by atoms with Gasteiger partial charge in [-0.2, -0.15) is 0 Å². The molecule has 2 rings (SSSR count). The Morgan fingerprint density at radius 1 is 1.24 bits per heavy atom. The number of hydrogen-bond donors (Lipinski definition) is 0. The lowest BCUT2D eigenvalue weighted by Gasteiger charge is -2.34. The molecule has 1 aromatic carbocycles. The Bertz CT molecular complexity index is 417. The summed E-state index contributed by atoms with van der Waals surface area (Å²) in [5, 5.41) is 0. The first-order chi connectivity index (χ1) is 8.01. The number of benzene rings is 1. The summed E-state index contributed by atoms with van der Waals surface area (Å²) >= 11 is 0. The summed E-state index contributed by atoms with van der Waals surface area (Å²) in [5.74, 6) is 0.239. The predicted molar refractivity (Wildman–Crippen MR) is 70.4 cm³/mol. The molecule has 0 bridgehead atoms. The molecule has 17 heavy (non-hydrogen) atoms. The van der Waals surface area contributed by atoms with Gasteiger partial charge in [0.15, 0.2) is 5.78 Å². The Morgan fingerprint density at radius 3 is 2.47 bits per heavy atom. The molecule has 1 aromatic rings. The molecule has 0 saturated carbocycles. The number of likely N-dealkylation sites (tertiary alicyclic amines) is 1. The van der Waals surface area contributed by atoms with Crippen molar-refractivity contribution in [3.8, 4) is 0 Å². The van der Waals surface area contributed by atoms with E-state index in [2.05, 4.69) is 4.90 Å². The Balaban J connectivity index is 2.24. The Labute approximate surface area is 104 Å². The van der Waals surface area contributed by atoms with Gasteiger partial charge < -0.3 is 0 Å². The maximum atomic E-state index is 12.6. The van der Waals surface area contributed by atoms with E-state index in [1.54, 1.807) is 0 Å². The average molecular weight is 231 g/mol. The zero-order valence-corrected chi connectivity index (χ0v) is 11.0. The van der Waals surface area contributed by atoms with Gasteiger partial charge in [0.25, 0.3) is 0 Å². The highest BCUT2D eigenvalue weighted by molar-refractivity contribution is 6.02. The quantitative estimate of drug-likeness (QED) is 0.745. The molecule has 1 aliphatic rings. The normalized spacial score (nSPS) is 17.4. The van der Waals surface area contributed by atoms with Crippen LogP contribution in [0.4, 0.5) is 0 Å². The summed E-state index contributed by atoms with van der Waals surface area (Å²) in [6.07, 6.45) is 2.43. The van der Waals surface area contributed by atoms with Gasteiger partial charge in [0.2, 0.25) is 0 Å². The monoisotopic (exact) mass is 231 g/mol. The van der Waals surface area contributed by atoms with Crippen LogP contribution < -0.4 is 0 Å². The number of Topliss-reactive ketones (excluding diaryl/α,β-unsaturated/α-hetero) is 1. The molecule has 2 heteroatoms. The number of ketones is 1. The van der Waals surface area contributed by atoms with Crippen LogP contribution >= 0.6 is 0 Å². The lowest BCUT2D eigenvalue weighted by atomic mass is 9.91. The van der Waals surface area contributed by atoms with Crippen molar-refractivity contribution in [2.45, 2.75) is 39.2 Å². The third-order valence-electron chi connectivity index (χ3n) is 3.73. The van der Waals surface area contributed by atoms with Gasteiger partial charge in [-0.1, -0.05) is 23.8 Å². The summed E-state index contributed by atoms with van der Waals surface area (Å²) in [5.41, 5.74) is 1.61. The maximum absolute atomic E-state index is 12.6. The topological polar surface area (TPSA) is 20.3 Å². The van der Waals surface area contributed by atoms with Crippen LogP contribution in [-0.2, 0) is 0 Å². The first-order valence-corrected chi connectivity index (χ1v) is 6.38. The minimum absolute atomic E-state index is 0.239. The van der Waals surface area contributed by atoms with E-state index in [0.29, 0.717) is 0 Å². The summed E-state index contributed by atoms with van der Waals surface area (Å²) in [6, 6.07) is 7.90. The summed E-state index contributed by atoms with van der Waals surface area (Å²) < 4.78 is 0. The van der Waals surface area contributed by atoms with Gasteiger partial charge in [-0.25, -0.2) is 0 Å². The van der Waals surface area contributed by atoms with Crippen molar-refractivity contribution < 1.29 is 4.79 Å². The van der Waals surface area contributed by atoms with Crippen molar-refractivity contribution in [2.75, 3.05) is 13.1 Å². The molecule has 1 aliphatic heterocycles. The Morgan fingerprint density at radius 2 is 1.88 bits per heavy atom. The minimum Gasteiger partial charge on any atom is -0.292 e. The van der Waals surface area contributed by atoms with E-state index in [0.717, 1.165) is 24.2 Å². The van der Waals surface area contributed by atoms with Crippen molar-refractivity contribution in [1.29, 1.82) is 0 Å². The van der Waals surface area contributed by atoms with Crippen molar-refractivity contribution in [2.24, 2.45) is 0 Å². The fourth-order valence-electron chi connectivity index (χ4n) is 2.56. The molecule has 92 valence electrons. The van der Waals surface area contributed by atoms with Gasteiger partial charge in [0.05, 0.1) is 5.54 Å². The molecule has 1 saturated heterocycles. The number of nitrogens with zero attached hydrogens (tertiary/aromatic N) is 1. The van der Waals surface area contributed by atoms with Gasteiger partial charge >= 0.3 is 0 Å². The van der Waals surface area contributed by atoms with Gasteiger partial charge in [-0.15, -0.1) is 0 Å². The third-order valence-corrected chi connectivity index (χ3v) is 3.73. The number of rotatable bonds is 3. The standard InChI is InChI=1S/C15H21NO/c1-12-7-6-8-13(11-12)14(17)15(2,3)16-9-4-5-10-16/h6-8,11H,4-5,9-10H2,1-3H3. The summed E-state index contributed by atoms with van der Waals surface area (Å²) in [4.78, 5) is 14.9. The van der Waals surface area contributed by atoms with E-state index < -0.39 is 0 Å². The van der Waals surface area contributed by atoms with E-state index in [4.69, 9.17) is 0 Å². The molecule has 0 amide bonds. The lowest BCUT2D eigenvalue weighted by Crippen LogP contribution is -2.48. The van der Waals surface area contributed by atoms with Crippen molar-refractivity contribution in [3.05, 3.63) is 35.4 Å². The molecule has 0 aliphatic carbocycles. The molecule has 0 N–H and O–H groups in total. The molecular weight excluding hydrogens is 210 g/mol. The van der Waals surface area contributed by atoms with E-state index in [-0.39, 0.29) is 11.3 Å². The second-order valence-corrected chi connectivity index (χ2v) is 5.45. The number of aryl methyl sites for hydroxylation is 1. The Kier molecular flexibility index (Phi) is 3.34. The van der Waals surface area contributed by atoms with Gasteiger partial charge in [-0.3, -0.25) is 9.69 Å². The summed E-state index contributed by atoms with van der Waals surface area (Å²) in [6.45, 7) is 8.21. The van der Waals surface area contributed by atoms with Gasteiger partial charge in [-0.05, 0) is 52.8 Å². The van der Waals surface area contributed by atoms with Gasteiger partial charge in [0.1, 0.15) is 0 Å². The van der Waals surface area contributed by atoms with Crippen LogP contribution in [0, 0.1) is 6.92 Å². The molecule has 0 radical (unpaired) electrons. The molecule has 0 aromatic heterocycles. The van der Waals surface area contributed by atoms with E-state index in [1.807, 2.05) is 45.0 Å². The zero-order chi connectivity index (χ0) is 12.5. The van der Waals surface area contributed by atoms with Crippen LogP contribution in [0.15, 0.2) is 24.3 Å². The van der Waals surface area contributed by atoms with E-state index in [9.17, 15) is 4.79 Å². The van der Waals surface area contributed by atoms with Crippen LogP contribution in [0.1, 0.15) is 42.6 Å². The Hall–Kier alpha value is -1.15. The van der Waals surface area contributed by atoms with Crippen LogP contribution in [0.5, 0.6) is 0 Å². The van der Waals surface area contributed by atoms with Crippen LogP contribution in [0.25, 0.3) is 0 Å². The third kappa shape index (κ3) is 2.42. The molecule has 0 atom stereocenters. The minimum atomic E-state index is -0.371. The van der Waals surface area contributed by atoms with Crippen LogP contribution in [-0.4, -0.2) is 29.3 Å². The second kappa shape index (κ2) is 4.61. The number of hydrogen-bond acceptors (Lipinski definition) is 2. The first kappa shape index (κ1) is 12.3. The van der Waals surface area contributed by atoms with Crippen molar-refractivity contribution in [1.82, 2.24) is 4.90 Å². The zero-order valence-electron chi connectivity index (χ0n) is 11.0. The molecular formula is C15H21NO. The summed E-state index contributed by atoms with van der Waals surface area (Å²) in [7, 11) is 0. The van der Waals surface area contributed by atoms with Gasteiger partial charge in [0, 0.05) is 5.56 Å². The predicted octanol–water partition coefficient (Wildman–Crippen LogP) is 3.05. The number of carbonyl (C=O) groups is 1.